The predicted octanol–water partition coefficient (Wildman–Crippen LogP) is 3.82. The van der Waals surface area contributed by atoms with E-state index in [0.717, 1.165) is 12.0 Å². The van der Waals surface area contributed by atoms with E-state index in [1.165, 1.54) is 12.1 Å². The van der Waals surface area contributed by atoms with Gasteiger partial charge in [-0.15, -0.1) is 0 Å². The Labute approximate surface area is 153 Å². The molecule has 0 spiro atoms. The first-order valence-corrected chi connectivity index (χ1v) is 8.69. The van der Waals surface area contributed by atoms with Crippen molar-refractivity contribution in [2.75, 3.05) is 6.61 Å². The highest BCUT2D eigenvalue weighted by molar-refractivity contribution is 5.81. The van der Waals surface area contributed by atoms with Crippen molar-refractivity contribution in [3.05, 3.63) is 71.5 Å². The Kier molecular flexibility index (Phi) is 7.33. The van der Waals surface area contributed by atoms with Crippen molar-refractivity contribution in [3.8, 4) is 0 Å². The highest BCUT2D eigenvalue weighted by atomic mass is 19.1. The van der Waals surface area contributed by atoms with Gasteiger partial charge >= 0.3 is 5.97 Å². The molecule has 1 atom stereocenters. The van der Waals surface area contributed by atoms with Crippen molar-refractivity contribution in [2.24, 2.45) is 5.92 Å². The van der Waals surface area contributed by atoms with Crippen LogP contribution in [-0.4, -0.2) is 18.5 Å². The van der Waals surface area contributed by atoms with E-state index in [-0.39, 0.29) is 30.5 Å². The van der Waals surface area contributed by atoms with Crippen molar-refractivity contribution in [1.82, 2.24) is 5.32 Å². The number of benzene rings is 2. The highest BCUT2D eigenvalue weighted by Crippen LogP contribution is 2.20. The summed E-state index contributed by atoms with van der Waals surface area (Å²) in [5.41, 5.74) is 1.26. The van der Waals surface area contributed by atoms with Crippen molar-refractivity contribution in [2.45, 2.75) is 32.7 Å². The molecule has 0 aliphatic heterocycles. The Hall–Kier alpha value is -2.69. The van der Waals surface area contributed by atoms with Gasteiger partial charge in [-0.05, 0) is 29.5 Å². The summed E-state index contributed by atoms with van der Waals surface area (Å²) in [4.78, 5) is 24.0. The molecule has 2 rings (SSSR count). The normalized spacial score (nSPS) is 11.8. The van der Waals surface area contributed by atoms with Crippen LogP contribution in [0.15, 0.2) is 54.6 Å². The largest absolute Gasteiger partial charge is 0.455 e. The maximum atomic E-state index is 13.5. The first kappa shape index (κ1) is 19.6. The van der Waals surface area contributed by atoms with Gasteiger partial charge in [0.2, 0.25) is 0 Å². The first-order chi connectivity index (χ1) is 12.5. The van der Waals surface area contributed by atoms with Crippen LogP contribution in [0.25, 0.3) is 0 Å². The van der Waals surface area contributed by atoms with E-state index < -0.39 is 11.8 Å². The van der Waals surface area contributed by atoms with Gasteiger partial charge in [0.1, 0.15) is 5.82 Å². The summed E-state index contributed by atoms with van der Waals surface area (Å²) >= 11 is 0. The van der Waals surface area contributed by atoms with E-state index in [2.05, 4.69) is 19.2 Å². The molecule has 26 heavy (non-hydrogen) atoms. The number of carbonyl (C=O) groups is 2. The molecule has 2 aromatic rings. The molecule has 0 saturated carbocycles. The fourth-order valence-corrected chi connectivity index (χ4v) is 2.67. The van der Waals surface area contributed by atoms with E-state index in [1.54, 1.807) is 12.1 Å². The summed E-state index contributed by atoms with van der Waals surface area (Å²) in [7, 11) is 0. The lowest BCUT2D eigenvalue weighted by Crippen LogP contribution is -2.33. The number of carbonyl (C=O) groups excluding carboxylic acids is 2. The number of amides is 1. The van der Waals surface area contributed by atoms with E-state index in [4.69, 9.17) is 4.74 Å². The fraction of sp³-hybridized carbons (Fsp3) is 0.333. The Bertz CT molecular complexity index is 731. The molecule has 0 radical (unpaired) electrons. The van der Waals surface area contributed by atoms with Gasteiger partial charge in [-0.3, -0.25) is 9.59 Å². The standard InChI is InChI=1S/C21H24FNO3/c1-15(2)12-19(16-8-4-3-5-9-16)23-20(24)14-26-21(25)13-17-10-6-7-11-18(17)22/h3-11,15,19H,12-14H2,1-2H3,(H,23,24). The second-order valence-electron chi connectivity index (χ2n) is 6.59. The van der Waals surface area contributed by atoms with E-state index in [1.807, 2.05) is 30.3 Å². The summed E-state index contributed by atoms with van der Waals surface area (Å²) in [6, 6.07) is 15.5. The van der Waals surface area contributed by atoms with Gasteiger partial charge in [-0.1, -0.05) is 62.4 Å². The Morgan fingerprint density at radius 1 is 1.04 bits per heavy atom. The number of ether oxygens (including phenoxy) is 1. The molecule has 2 aromatic carbocycles. The molecule has 4 nitrogen and oxygen atoms in total. The average molecular weight is 357 g/mol. The van der Waals surface area contributed by atoms with Crippen molar-refractivity contribution in [3.63, 3.8) is 0 Å². The monoisotopic (exact) mass is 357 g/mol. The average Bonchev–Trinajstić information content (AvgIpc) is 2.62. The topological polar surface area (TPSA) is 55.4 Å². The molecule has 0 bridgehead atoms. The molecule has 0 saturated heterocycles. The number of rotatable bonds is 8. The lowest BCUT2D eigenvalue weighted by Gasteiger charge is -2.21. The van der Waals surface area contributed by atoms with Gasteiger partial charge in [-0.25, -0.2) is 4.39 Å². The van der Waals surface area contributed by atoms with Gasteiger partial charge in [0.15, 0.2) is 6.61 Å². The minimum Gasteiger partial charge on any atom is -0.455 e. The van der Waals surface area contributed by atoms with Gasteiger partial charge in [-0.2, -0.15) is 0 Å². The summed E-state index contributed by atoms with van der Waals surface area (Å²) in [5, 5.41) is 2.91. The van der Waals surface area contributed by atoms with Crippen LogP contribution in [0.4, 0.5) is 4.39 Å². The maximum absolute atomic E-state index is 13.5. The maximum Gasteiger partial charge on any atom is 0.310 e. The number of nitrogens with one attached hydrogen (secondary N) is 1. The van der Waals surface area contributed by atoms with E-state index in [9.17, 15) is 14.0 Å². The molecule has 0 heterocycles. The molecular formula is C21H24FNO3. The van der Waals surface area contributed by atoms with Crippen molar-refractivity contribution >= 4 is 11.9 Å². The van der Waals surface area contributed by atoms with Gasteiger partial charge in [0, 0.05) is 0 Å². The summed E-state index contributed by atoms with van der Waals surface area (Å²) in [6.07, 6.45) is 0.576. The second kappa shape index (κ2) is 9.70. The number of hydrogen-bond donors (Lipinski definition) is 1. The van der Waals surface area contributed by atoms with Gasteiger partial charge < -0.3 is 10.1 Å². The fourth-order valence-electron chi connectivity index (χ4n) is 2.67. The Morgan fingerprint density at radius 3 is 2.35 bits per heavy atom. The van der Waals surface area contributed by atoms with Crippen LogP contribution < -0.4 is 5.32 Å². The second-order valence-corrected chi connectivity index (χ2v) is 6.59. The lowest BCUT2D eigenvalue weighted by atomic mass is 9.97. The zero-order valence-electron chi connectivity index (χ0n) is 15.1. The van der Waals surface area contributed by atoms with Gasteiger partial charge in [0.25, 0.3) is 5.91 Å². The summed E-state index contributed by atoms with van der Waals surface area (Å²) in [5.74, 6) is -1.08. The van der Waals surface area contributed by atoms with Crippen LogP contribution in [0.2, 0.25) is 0 Å². The minimum absolute atomic E-state index is 0.144. The molecule has 138 valence electrons. The molecule has 0 aromatic heterocycles. The van der Waals surface area contributed by atoms with Crippen LogP contribution in [0, 0.1) is 11.7 Å². The van der Waals surface area contributed by atoms with Crippen molar-refractivity contribution < 1.29 is 18.7 Å². The smallest absolute Gasteiger partial charge is 0.310 e. The van der Waals surface area contributed by atoms with Crippen LogP contribution >= 0.6 is 0 Å². The first-order valence-electron chi connectivity index (χ1n) is 8.69. The molecule has 1 N–H and O–H groups in total. The SMILES string of the molecule is CC(C)CC(NC(=O)COC(=O)Cc1ccccc1F)c1ccccc1. The Morgan fingerprint density at radius 2 is 1.69 bits per heavy atom. The van der Waals surface area contributed by atoms with E-state index >= 15 is 0 Å². The van der Waals surface area contributed by atoms with Crippen LogP contribution in [0.5, 0.6) is 0 Å². The molecule has 0 aliphatic rings. The number of halogens is 1. The predicted molar refractivity (Wildman–Crippen MR) is 97.8 cm³/mol. The molecule has 1 amide bonds. The zero-order valence-corrected chi connectivity index (χ0v) is 15.1. The van der Waals surface area contributed by atoms with Crippen LogP contribution in [-0.2, 0) is 20.7 Å². The molecule has 5 heteroatoms. The molecule has 0 aliphatic carbocycles. The van der Waals surface area contributed by atoms with Crippen LogP contribution in [0.1, 0.15) is 37.4 Å². The van der Waals surface area contributed by atoms with Gasteiger partial charge in [0.05, 0.1) is 12.5 Å². The quantitative estimate of drug-likeness (QED) is 0.731. The lowest BCUT2D eigenvalue weighted by molar-refractivity contribution is -0.148. The highest BCUT2D eigenvalue weighted by Gasteiger charge is 2.17. The number of hydrogen-bond acceptors (Lipinski definition) is 3. The number of esters is 1. The summed E-state index contributed by atoms with van der Waals surface area (Å²) in [6.45, 7) is 3.78. The third-order valence-corrected chi connectivity index (χ3v) is 3.90. The summed E-state index contributed by atoms with van der Waals surface area (Å²) < 4.78 is 18.5. The molecular weight excluding hydrogens is 333 g/mol. The minimum atomic E-state index is -0.634. The Balaban J connectivity index is 1.87. The van der Waals surface area contributed by atoms with E-state index in [0.29, 0.717) is 5.92 Å². The van der Waals surface area contributed by atoms with Crippen molar-refractivity contribution in [1.29, 1.82) is 0 Å². The molecule has 1 unspecified atom stereocenters. The van der Waals surface area contributed by atoms with Crippen LogP contribution in [0.3, 0.4) is 0 Å². The zero-order chi connectivity index (χ0) is 18.9. The third-order valence-electron chi connectivity index (χ3n) is 3.90. The molecule has 0 fully saturated rings. The third kappa shape index (κ3) is 6.31.